The van der Waals surface area contributed by atoms with E-state index in [0.717, 1.165) is 57.8 Å². The van der Waals surface area contributed by atoms with Gasteiger partial charge in [0.25, 0.3) is 0 Å². The Labute approximate surface area is 239 Å². The van der Waals surface area contributed by atoms with Crippen molar-refractivity contribution in [1.29, 1.82) is 0 Å². The van der Waals surface area contributed by atoms with Crippen molar-refractivity contribution in [2.45, 2.75) is 96.7 Å². The van der Waals surface area contributed by atoms with Crippen LogP contribution in [0, 0.1) is 46.3 Å². The Morgan fingerprint density at radius 3 is 2.17 bits per heavy atom. The summed E-state index contributed by atoms with van der Waals surface area (Å²) in [6.07, 6.45) is 8.36. The highest BCUT2D eigenvalue weighted by Gasteiger charge is 2.66. The average molecular weight is 563 g/mol. The molecule has 3 amide bonds. The van der Waals surface area contributed by atoms with Crippen LogP contribution in [0.2, 0.25) is 0 Å². The summed E-state index contributed by atoms with van der Waals surface area (Å²) in [5, 5.41) is 19.4. The Hall–Kier alpha value is -1.75. The molecule has 0 bridgehead atoms. The van der Waals surface area contributed by atoms with Crippen molar-refractivity contribution in [1.82, 2.24) is 16.0 Å². The third-order valence-corrected chi connectivity index (χ3v) is 12.0. The van der Waals surface area contributed by atoms with Crippen molar-refractivity contribution in [3.05, 3.63) is 0 Å². The van der Waals surface area contributed by atoms with Crippen molar-refractivity contribution in [3.63, 3.8) is 0 Å². The summed E-state index contributed by atoms with van der Waals surface area (Å²) in [4.78, 5) is 37.7. The Morgan fingerprint density at radius 2 is 1.52 bits per heavy atom. The average Bonchev–Trinajstić information content (AvgIpc) is 3.30. The number of carbonyl (C=O) groups excluding carboxylic acids is 3. The predicted molar refractivity (Wildman–Crippen MR) is 154 cm³/mol. The summed E-state index contributed by atoms with van der Waals surface area (Å²) in [5.74, 6) is 1.73. The van der Waals surface area contributed by atoms with Gasteiger partial charge in [0.15, 0.2) is 0 Å². The Morgan fingerprint density at radius 1 is 0.875 bits per heavy atom. The smallest absolute Gasteiger partial charge is 0.233 e. The van der Waals surface area contributed by atoms with E-state index in [1.165, 1.54) is 0 Å². The van der Waals surface area contributed by atoms with E-state index < -0.39 is 0 Å². The second-order valence-electron chi connectivity index (χ2n) is 13.8. The van der Waals surface area contributed by atoms with Crippen LogP contribution in [-0.2, 0) is 14.4 Å². The van der Waals surface area contributed by atoms with Gasteiger partial charge >= 0.3 is 0 Å². The number of amides is 3. The van der Waals surface area contributed by atoms with Gasteiger partial charge in [-0.3, -0.25) is 14.4 Å². The molecule has 0 aliphatic heterocycles. The molecule has 10 heteroatoms. The molecule has 0 radical (unpaired) electrons. The molecule has 11 atom stereocenters. The van der Waals surface area contributed by atoms with Crippen LogP contribution in [0.1, 0.15) is 78.6 Å². The highest BCUT2D eigenvalue weighted by atomic mass is 16.3. The number of nitrogens with two attached hydrogens (primary N) is 3. The SMILES string of the molecule is C[C@H](CCCO)[C@H]1CC[C@H]2C3[C@H](NC(=O)CN)CC4C[C@H](NC(=O)CN)CC[C@]4(C)[C@H]3C[C@H](NC(=O)CN)[C@]12C. The van der Waals surface area contributed by atoms with E-state index in [9.17, 15) is 19.5 Å². The first-order valence-electron chi connectivity index (χ1n) is 15.6. The van der Waals surface area contributed by atoms with Gasteiger partial charge in [0.2, 0.25) is 17.7 Å². The van der Waals surface area contributed by atoms with E-state index >= 15 is 0 Å². The molecule has 0 aromatic heterocycles. The lowest BCUT2D eigenvalue weighted by atomic mass is 9.42. The number of hydrogen-bond acceptors (Lipinski definition) is 7. The summed E-state index contributed by atoms with van der Waals surface area (Å²) in [5.41, 5.74) is 17.1. The molecule has 10 nitrogen and oxygen atoms in total. The zero-order valence-corrected chi connectivity index (χ0v) is 24.8. The molecule has 0 aromatic rings. The van der Waals surface area contributed by atoms with Crippen molar-refractivity contribution >= 4 is 17.7 Å². The number of fused-ring (bicyclic) bond motifs is 5. The fourth-order valence-corrected chi connectivity index (χ4v) is 10.2. The number of rotatable bonds is 10. The first-order chi connectivity index (χ1) is 19.0. The van der Waals surface area contributed by atoms with Crippen LogP contribution >= 0.6 is 0 Å². The number of aliphatic hydroxyl groups excluding tert-OH is 1. The van der Waals surface area contributed by atoms with Gasteiger partial charge in [0, 0.05) is 24.7 Å². The highest BCUT2D eigenvalue weighted by Crippen LogP contribution is 2.68. The number of aliphatic hydroxyl groups is 1. The van der Waals surface area contributed by atoms with Gasteiger partial charge in [0.1, 0.15) is 0 Å². The molecule has 4 aliphatic rings. The summed E-state index contributed by atoms with van der Waals surface area (Å²) in [7, 11) is 0. The van der Waals surface area contributed by atoms with Gasteiger partial charge in [-0.15, -0.1) is 0 Å². The summed E-state index contributed by atoms with van der Waals surface area (Å²) < 4.78 is 0. The normalized spacial score (nSPS) is 41.2. The number of hydrogen-bond donors (Lipinski definition) is 7. The maximum atomic E-state index is 12.8. The maximum Gasteiger partial charge on any atom is 0.233 e. The van der Waals surface area contributed by atoms with E-state index in [0.29, 0.717) is 29.6 Å². The first kappa shape index (κ1) is 31.2. The third kappa shape index (κ3) is 5.65. The van der Waals surface area contributed by atoms with Gasteiger partial charge in [-0.2, -0.15) is 0 Å². The van der Waals surface area contributed by atoms with Gasteiger partial charge in [-0.05, 0) is 104 Å². The zero-order valence-electron chi connectivity index (χ0n) is 24.8. The van der Waals surface area contributed by atoms with Gasteiger partial charge < -0.3 is 38.3 Å². The number of nitrogens with one attached hydrogen (secondary N) is 3. The quantitative estimate of drug-likeness (QED) is 0.203. The van der Waals surface area contributed by atoms with E-state index in [2.05, 4.69) is 36.7 Å². The molecular weight excluding hydrogens is 508 g/mol. The minimum Gasteiger partial charge on any atom is -0.396 e. The molecule has 2 unspecified atom stereocenters. The van der Waals surface area contributed by atoms with Crippen molar-refractivity contribution in [2.24, 2.45) is 63.5 Å². The molecule has 0 spiro atoms. The van der Waals surface area contributed by atoms with Crippen molar-refractivity contribution < 1.29 is 19.5 Å². The van der Waals surface area contributed by atoms with Crippen LogP contribution < -0.4 is 33.2 Å². The molecule has 0 heterocycles. The van der Waals surface area contributed by atoms with Crippen molar-refractivity contribution in [2.75, 3.05) is 26.2 Å². The molecule has 228 valence electrons. The lowest BCUT2D eigenvalue weighted by Crippen LogP contribution is -2.68. The van der Waals surface area contributed by atoms with E-state index in [4.69, 9.17) is 17.2 Å². The fraction of sp³-hybridized carbons (Fsp3) is 0.900. The molecule has 4 aliphatic carbocycles. The number of carbonyl (C=O) groups is 3. The van der Waals surface area contributed by atoms with Crippen LogP contribution in [0.5, 0.6) is 0 Å². The van der Waals surface area contributed by atoms with E-state index in [1.54, 1.807) is 0 Å². The van der Waals surface area contributed by atoms with Gasteiger partial charge in [0.05, 0.1) is 19.6 Å². The molecule has 0 saturated heterocycles. The predicted octanol–water partition coefficient (Wildman–Crippen LogP) is 0.604. The maximum absolute atomic E-state index is 12.8. The van der Waals surface area contributed by atoms with E-state index in [1.807, 2.05) is 0 Å². The zero-order chi connectivity index (χ0) is 29.2. The lowest BCUT2D eigenvalue weighted by Gasteiger charge is -2.65. The molecule has 40 heavy (non-hydrogen) atoms. The van der Waals surface area contributed by atoms with Crippen LogP contribution in [0.4, 0.5) is 0 Å². The molecule has 4 rings (SSSR count). The molecule has 0 aromatic carbocycles. The second kappa shape index (κ2) is 12.6. The molecule has 4 fully saturated rings. The Balaban J connectivity index is 1.72. The summed E-state index contributed by atoms with van der Waals surface area (Å²) >= 11 is 0. The Kier molecular flexibility index (Phi) is 9.85. The van der Waals surface area contributed by atoms with Gasteiger partial charge in [-0.1, -0.05) is 20.8 Å². The summed E-state index contributed by atoms with van der Waals surface area (Å²) in [6.45, 7) is 7.19. The van der Waals surface area contributed by atoms with Crippen LogP contribution in [0.15, 0.2) is 0 Å². The standard InChI is InChI=1S/C30H54N6O4/c1-17(5-4-10-37)20-6-7-21-28-22(13-24(30(20,21)3)36-27(40)16-33)29(2)9-8-19(34-25(38)14-31)11-18(29)12-23(28)35-26(39)15-32/h17-24,28,37H,4-16,31-33H2,1-3H3,(H,34,38)(H,35,39)(H,36,40)/t17-,18?,19-,20-,21+,22+,23-,24+,28?,29+,30-/m1/s1. The largest absolute Gasteiger partial charge is 0.396 e. The summed E-state index contributed by atoms with van der Waals surface area (Å²) in [6, 6.07) is 0.0846. The molecule has 10 N–H and O–H groups in total. The molecule has 4 saturated carbocycles. The molecular formula is C30H54N6O4. The first-order valence-corrected chi connectivity index (χ1v) is 15.6. The minimum absolute atomic E-state index is 0.00465. The van der Waals surface area contributed by atoms with Crippen molar-refractivity contribution in [3.8, 4) is 0 Å². The lowest BCUT2D eigenvalue weighted by molar-refractivity contribution is -0.153. The second-order valence-corrected chi connectivity index (χ2v) is 13.8. The fourth-order valence-electron chi connectivity index (χ4n) is 10.2. The van der Waals surface area contributed by atoms with Gasteiger partial charge in [-0.25, -0.2) is 0 Å². The Bertz CT molecular complexity index is 934. The van der Waals surface area contributed by atoms with Crippen LogP contribution in [0.3, 0.4) is 0 Å². The third-order valence-electron chi connectivity index (χ3n) is 12.0. The topological polar surface area (TPSA) is 186 Å². The highest BCUT2D eigenvalue weighted by molar-refractivity contribution is 5.79. The van der Waals surface area contributed by atoms with Crippen LogP contribution in [0.25, 0.3) is 0 Å². The van der Waals surface area contributed by atoms with Crippen LogP contribution in [-0.4, -0.2) is 67.2 Å². The minimum atomic E-state index is -0.137. The van der Waals surface area contributed by atoms with E-state index in [-0.39, 0.29) is 78.8 Å². The monoisotopic (exact) mass is 562 g/mol.